The smallest absolute Gasteiger partial charge is 2.00 e. The molecule has 37 heteroatoms. The summed E-state index contributed by atoms with van der Waals surface area (Å²) in [5, 5.41) is 0. The Kier molecular flexibility index (Phi) is 4350. The fraction of sp³-hybridized carbons (Fsp3) is 0. The SMILES string of the molecule is [O-2].[O-2].[O-2].[O-2].[O-2].[O-2].[Ti+4].[Ti+4].[Ti+4].[Ti+4].[Ti+4].[Ti+4].[Ti+4].[Ti+4].[Ti+4].[Ti+4].[Ti+4].[Ti+4].[Ti+4].[Ti+4].[Ti+4].[Ti+4].[Ti+4].[Ti+4].[Ti+4].[Ti+4].[Ti+4].[Ti+4].[Ti+4].[Ti+4].[Ti+4].[Ti+4].[Ti+4].[Ti+4].[Ti+4].[Ti+4].[Ti+4]. The Hall–Kier alpha value is 21.9. The van der Waals surface area contributed by atoms with E-state index in [9.17, 15) is 0 Å². The zero-order valence-electron chi connectivity index (χ0n) is 17.9. The number of hydrogen-bond acceptors (Lipinski definition) is 0. The minimum Gasteiger partial charge on any atom is -2.00 e. The topological polar surface area (TPSA) is 171 Å². The molecular weight excluding hydrogens is 1580 g/mol. The molecule has 0 amide bonds. The molecule has 0 saturated carbocycles. The van der Waals surface area contributed by atoms with E-state index in [0.29, 0.717) is 0 Å². The third-order valence-electron chi connectivity index (χ3n) is 0. The second kappa shape index (κ2) is 391. The Morgan fingerprint density at radius 3 is 0.0541 bits per heavy atom. The van der Waals surface area contributed by atoms with Crippen LogP contribution in [0.1, 0.15) is 0 Å². The van der Waals surface area contributed by atoms with Gasteiger partial charge in [0.2, 0.25) is 0 Å². The second-order valence-electron chi connectivity index (χ2n) is 0. The van der Waals surface area contributed by atoms with Gasteiger partial charge in [0.05, 0.1) is 0 Å². The van der Waals surface area contributed by atoms with E-state index in [1.165, 1.54) is 0 Å². The zero-order valence-corrected chi connectivity index (χ0v) is 66.4. The maximum atomic E-state index is 0. The molecule has 0 N–H and O–H groups in total. The fourth-order valence-electron chi connectivity index (χ4n) is 0. The van der Waals surface area contributed by atoms with E-state index in [0.717, 1.165) is 0 Å². The summed E-state index contributed by atoms with van der Waals surface area (Å²) in [6, 6.07) is 0. The fourth-order valence-corrected chi connectivity index (χ4v) is 0. The van der Waals surface area contributed by atoms with Gasteiger partial charge in [-0.25, -0.2) is 0 Å². The van der Waals surface area contributed by atoms with Crippen LogP contribution < -0.4 is 0 Å². The first kappa shape index (κ1) is 412. The first-order chi connectivity index (χ1) is 0. The zero-order chi connectivity index (χ0) is 0. The second-order valence-corrected chi connectivity index (χ2v) is 0. The van der Waals surface area contributed by atoms with Gasteiger partial charge in [-0.15, -0.1) is 0 Å². The molecule has 0 spiro atoms. The van der Waals surface area contributed by atoms with E-state index < -0.39 is 0 Å². The van der Waals surface area contributed by atoms with Gasteiger partial charge in [0, 0.05) is 0 Å². The predicted molar refractivity (Wildman–Crippen MR) is 4.12 cm³/mol. The molecule has 0 radical (unpaired) electrons. The van der Waals surface area contributed by atoms with Crippen molar-refractivity contribution in [1.82, 2.24) is 0 Å². The monoisotopic (exact) mass is 1580 g/mol. The molecule has 0 unspecified atom stereocenters. The summed E-state index contributed by atoms with van der Waals surface area (Å²) in [4.78, 5) is 0. The summed E-state index contributed by atoms with van der Waals surface area (Å²) in [5.41, 5.74) is 0. The molecule has 0 saturated heterocycles. The van der Waals surface area contributed by atoms with Crippen LogP contribution >= 0.6 is 0 Å². The van der Waals surface area contributed by atoms with Crippen LogP contribution in [0.3, 0.4) is 0 Å². The van der Waals surface area contributed by atoms with Gasteiger partial charge in [-0.1, -0.05) is 0 Å². The molecule has 0 aliphatic rings. The largest absolute Gasteiger partial charge is 4.00 e. The van der Waals surface area contributed by atoms with Crippen LogP contribution in [0.4, 0.5) is 0 Å². The molecule has 37 heavy (non-hydrogen) atoms. The van der Waals surface area contributed by atoms with Crippen molar-refractivity contribution in [2.24, 2.45) is 0 Å². The normalized spacial score (nSPS) is 0. The van der Waals surface area contributed by atoms with Gasteiger partial charge >= 0.3 is 673 Å². The molecule has 0 heterocycles. The Bertz CT molecular complexity index is 23.7. The van der Waals surface area contributed by atoms with Crippen LogP contribution in [0.15, 0.2) is 0 Å². The van der Waals surface area contributed by atoms with Gasteiger partial charge in [0.1, 0.15) is 0 Å². The first-order valence-electron chi connectivity index (χ1n) is 0. The van der Waals surface area contributed by atoms with E-state index in [4.69, 9.17) is 0 Å². The molecular formula is O6Ti31+112. The average Bonchev–Trinajstić information content (AvgIpc) is 0. The van der Waals surface area contributed by atoms with Crippen molar-refractivity contribution in [3.05, 3.63) is 0 Å². The van der Waals surface area contributed by atoms with Gasteiger partial charge in [-0.2, -0.15) is 0 Å². The van der Waals surface area contributed by atoms with E-state index >= 15 is 0 Å². The van der Waals surface area contributed by atoms with Crippen LogP contribution in [-0.4, -0.2) is 0 Å². The molecule has 6 nitrogen and oxygen atoms in total. The van der Waals surface area contributed by atoms with Crippen LogP contribution in [-0.2, 0) is 706 Å². The molecule has 0 aromatic heterocycles. The van der Waals surface area contributed by atoms with Gasteiger partial charge in [0.25, 0.3) is 0 Å². The van der Waals surface area contributed by atoms with Crippen LogP contribution in [0, 0.1) is 0 Å². The number of hydrogen-bond donors (Lipinski definition) is 0. The van der Waals surface area contributed by atoms with Crippen LogP contribution in [0.5, 0.6) is 0 Å². The van der Waals surface area contributed by atoms with Gasteiger partial charge < -0.3 is 32.9 Å². The summed E-state index contributed by atoms with van der Waals surface area (Å²) < 4.78 is 0. The summed E-state index contributed by atoms with van der Waals surface area (Å²) in [6.45, 7) is 0. The predicted octanol–water partition coefficient (Wildman–Crippen LogP) is -0.790. The Balaban J connectivity index is 0. The summed E-state index contributed by atoms with van der Waals surface area (Å²) in [6.07, 6.45) is 0. The maximum Gasteiger partial charge on any atom is 4.00 e. The standard InChI is InChI=1S/6O.31Ti/q6*-2;31*+4. The van der Waals surface area contributed by atoms with Crippen molar-refractivity contribution >= 4 is 0 Å². The minimum absolute atomic E-state index is 0. The maximum absolute atomic E-state index is 0. The van der Waals surface area contributed by atoms with E-state index in [1.807, 2.05) is 0 Å². The van der Waals surface area contributed by atoms with Crippen LogP contribution in [0.2, 0.25) is 0 Å². The van der Waals surface area contributed by atoms with Gasteiger partial charge in [-0.05, 0) is 0 Å². The first-order valence-corrected chi connectivity index (χ1v) is 0. The third kappa shape index (κ3) is 377. The van der Waals surface area contributed by atoms with E-state index in [2.05, 4.69) is 0 Å². The Morgan fingerprint density at radius 1 is 0.0541 bits per heavy atom. The minimum atomic E-state index is 0. The molecule has 0 fully saturated rings. The molecule has 0 aliphatic heterocycles. The molecule has 0 aromatic carbocycles. The van der Waals surface area contributed by atoms with Gasteiger partial charge in [-0.3, -0.25) is 0 Å². The molecule has 0 atom stereocenters. The molecule has 0 aromatic rings. The summed E-state index contributed by atoms with van der Waals surface area (Å²) in [7, 11) is 0. The van der Waals surface area contributed by atoms with Crippen molar-refractivity contribution in [3.63, 3.8) is 0 Å². The molecule has 0 bridgehead atoms. The third-order valence-corrected chi connectivity index (χ3v) is 0. The Morgan fingerprint density at radius 2 is 0.0541 bits per heavy atom. The van der Waals surface area contributed by atoms with Crippen molar-refractivity contribution in [2.45, 2.75) is 0 Å². The van der Waals surface area contributed by atoms with Gasteiger partial charge in [0.15, 0.2) is 0 Å². The van der Waals surface area contributed by atoms with E-state index in [1.54, 1.807) is 0 Å². The van der Waals surface area contributed by atoms with Crippen molar-refractivity contribution in [3.8, 4) is 0 Å². The average molecular weight is 1580 g/mol. The quantitative estimate of drug-likeness (QED) is 0.278. The van der Waals surface area contributed by atoms with Crippen LogP contribution in [0.25, 0.3) is 0 Å². The van der Waals surface area contributed by atoms with Crippen molar-refractivity contribution in [1.29, 1.82) is 0 Å². The summed E-state index contributed by atoms with van der Waals surface area (Å²) in [5.74, 6) is 0. The molecule has 48 valence electrons. The molecule has 0 rings (SSSR count). The summed E-state index contributed by atoms with van der Waals surface area (Å²) >= 11 is 0. The van der Waals surface area contributed by atoms with E-state index in [-0.39, 0.29) is 706 Å². The Labute approximate surface area is 685 Å². The van der Waals surface area contributed by atoms with Crippen molar-refractivity contribution in [2.75, 3.05) is 0 Å². The molecule has 0 aliphatic carbocycles. The van der Waals surface area contributed by atoms with Crippen molar-refractivity contribution < 1.29 is 706 Å². The number of rotatable bonds is 0.